The van der Waals surface area contributed by atoms with Crippen molar-refractivity contribution in [3.8, 4) is 5.82 Å². The molecule has 0 spiro atoms. The second-order valence-electron chi connectivity index (χ2n) is 8.27. The fourth-order valence-electron chi connectivity index (χ4n) is 4.52. The Kier molecular flexibility index (Phi) is 4.73. The van der Waals surface area contributed by atoms with Crippen LogP contribution in [-0.2, 0) is 4.79 Å². The maximum atomic E-state index is 12.5. The lowest BCUT2D eigenvalue weighted by atomic mass is 9.85. The number of aryl methyl sites for hydroxylation is 2. The van der Waals surface area contributed by atoms with Gasteiger partial charge in [0.1, 0.15) is 5.82 Å². The fourth-order valence-corrected chi connectivity index (χ4v) is 4.52. The quantitative estimate of drug-likeness (QED) is 0.722. The summed E-state index contributed by atoms with van der Waals surface area (Å²) in [6, 6.07) is 12.3. The van der Waals surface area contributed by atoms with Gasteiger partial charge in [-0.3, -0.25) is 4.79 Å². The molecule has 2 aliphatic rings. The van der Waals surface area contributed by atoms with Crippen molar-refractivity contribution in [1.29, 1.82) is 0 Å². The zero-order valence-corrected chi connectivity index (χ0v) is 17.4. The summed E-state index contributed by atoms with van der Waals surface area (Å²) in [6.07, 6.45) is 4.09. The Labute approximate surface area is 176 Å². The number of hydrogen-bond acceptors (Lipinski definition) is 5. The molecule has 1 fully saturated rings. The minimum absolute atomic E-state index is 0.00730. The highest BCUT2D eigenvalue weighted by Gasteiger charge is 2.33. The minimum atomic E-state index is -0.0105. The zero-order valence-electron chi connectivity index (χ0n) is 17.4. The molecule has 5 rings (SSSR count). The molecular weight excluding hydrogens is 376 g/mol. The van der Waals surface area contributed by atoms with Crippen molar-refractivity contribution in [2.75, 3.05) is 23.3 Å². The summed E-state index contributed by atoms with van der Waals surface area (Å²) >= 11 is 0. The minimum Gasteiger partial charge on any atom is -0.355 e. The van der Waals surface area contributed by atoms with E-state index in [0.29, 0.717) is 18.1 Å². The number of carbonyl (C=O) groups is 1. The molecule has 0 aliphatic carbocycles. The molecule has 0 bridgehead atoms. The molecule has 1 N–H and O–H groups in total. The number of nitrogens with one attached hydrogen (secondary N) is 1. The molecule has 0 radical (unpaired) electrons. The Morgan fingerprint density at radius 3 is 2.33 bits per heavy atom. The summed E-state index contributed by atoms with van der Waals surface area (Å²) in [6.45, 7) is 6.11. The smallest absolute Gasteiger partial charge is 0.226 e. The molecule has 0 unspecified atom stereocenters. The molecule has 4 heterocycles. The molecule has 1 amide bonds. The number of aromatic nitrogens is 4. The van der Waals surface area contributed by atoms with E-state index in [1.54, 1.807) is 4.68 Å². The van der Waals surface area contributed by atoms with Crippen LogP contribution in [-0.4, -0.2) is 39.0 Å². The summed E-state index contributed by atoms with van der Waals surface area (Å²) < 4.78 is 1.72. The normalized spacial score (nSPS) is 18.8. The average Bonchev–Trinajstić information content (AvgIpc) is 3.10. The van der Waals surface area contributed by atoms with Gasteiger partial charge in [0, 0.05) is 31.0 Å². The molecule has 2 aromatic heterocycles. The van der Waals surface area contributed by atoms with Crippen LogP contribution in [0.25, 0.3) is 5.82 Å². The van der Waals surface area contributed by atoms with Gasteiger partial charge in [-0.05, 0) is 50.8 Å². The highest BCUT2D eigenvalue weighted by molar-refractivity contribution is 5.95. The molecule has 154 valence electrons. The average molecular weight is 403 g/mol. The summed E-state index contributed by atoms with van der Waals surface area (Å²) in [5, 5.41) is 16.6. The molecule has 0 saturated carbocycles. The molecule has 1 atom stereocenters. The standard InChI is InChI=1S/C23H26N6O/c1-15-6-8-17(9-7-15)18-14-21(30)24-23-22(18)16(2)27-29(23)20-11-10-19(25-26-20)28-12-4-3-5-13-28/h6-11,18H,3-5,12-14H2,1-2H3,(H,24,30)/t18-/m0/s1. The molecule has 1 aromatic carbocycles. The molecule has 7 heteroatoms. The van der Waals surface area contributed by atoms with Gasteiger partial charge in [-0.15, -0.1) is 10.2 Å². The predicted octanol–water partition coefficient (Wildman–Crippen LogP) is 3.74. The number of rotatable bonds is 3. The Bertz CT molecular complexity index is 1060. The molecule has 7 nitrogen and oxygen atoms in total. The lowest BCUT2D eigenvalue weighted by Gasteiger charge is -2.27. The maximum absolute atomic E-state index is 12.5. The number of benzene rings is 1. The monoisotopic (exact) mass is 402 g/mol. The van der Waals surface area contributed by atoms with Gasteiger partial charge in [-0.25, -0.2) is 0 Å². The molecule has 30 heavy (non-hydrogen) atoms. The Hall–Kier alpha value is -3.22. The molecular formula is C23H26N6O. The second kappa shape index (κ2) is 7.55. The third-order valence-corrected chi connectivity index (χ3v) is 6.12. The number of fused-ring (bicyclic) bond motifs is 1. The summed E-state index contributed by atoms with van der Waals surface area (Å²) in [5.74, 6) is 2.20. The van der Waals surface area contributed by atoms with Crippen LogP contribution in [0.2, 0.25) is 0 Å². The maximum Gasteiger partial charge on any atom is 0.226 e. The van der Waals surface area contributed by atoms with E-state index in [-0.39, 0.29) is 11.8 Å². The number of carbonyl (C=O) groups excluding carboxylic acids is 1. The van der Waals surface area contributed by atoms with E-state index < -0.39 is 0 Å². The third kappa shape index (κ3) is 3.34. The van der Waals surface area contributed by atoms with Crippen molar-refractivity contribution < 1.29 is 4.79 Å². The van der Waals surface area contributed by atoms with E-state index in [1.807, 2.05) is 19.1 Å². The predicted molar refractivity (Wildman–Crippen MR) is 116 cm³/mol. The van der Waals surface area contributed by atoms with Crippen molar-refractivity contribution in [3.05, 3.63) is 58.8 Å². The first-order valence-electron chi connectivity index (χ1n) is 10.6. The van der Waals surface area contributed by atoms with Crippen LogP contribution in [0.15, 0.2) is 36.4 Å². The van der Waals surface area contributed by atoms with Gasteiger partial charge in [0.25, 0.3) is 0 Å². The van der Waals surface area contributed by atoms with Crippen LogP contribution in [0.4, 0.5) is 11.6 Å². The van der Waals surface area contributed by atoms with Gasteiger partial charge >= 0.3 is 0 Å². The van der Waals surface area contributed by atoms with Crippen molar-refractivity contribution >= 4 is 17.5 Å². The van der Waals surface area contributed by atoms with Crippen molar-refractivity contribution in [2.45, 2.75) is 45.4 Å². The first-order chi connectivity index (χ1) is 14.6. The van der Waals surface area contributed by atoms with Crippen LogP contribution in [0.5, 0.6) is 0 Å². The number of anilines is 2. The Morgan fingerprint density at radius 1 is 0.933 bits per heavy atom. The highest BCUT2D eigenvalue weighted by atomic mass is 16.1. The number of hydrogen-bond donors (Lipinski definition) is 1. The van der Waals surface area contributed by atoms with Gasteiger partial charge in [-0.2, -0.15) is 9.78 Å². The lowest BCUT2D eigenvalue weighted by Crippen LogP contribution is -2.30. The van der Waals surface area contributed by atoms with E-state index in [0.717, 1.165) is 35.7 Å². The van der Waals surface area contributed by atoms with Crippen molar-refractivity contribution in [2.24, 2.45) is 0 Å². The second-order valence-corrected chi connectivity index (χ2v) is 8.27. The first-order valence-corrected chi connectivity index (χ1v) is 10.6. The van der Waals surface area contributed by atoms with E-state index in [2.05, 4.69) is 51.6 Å². The highest BCUT2D eigenvalue weighted by Crippen LogP contribution is 2.40. The van der Waals surface area contributed by atoms with E-state index >= 15 is 0 Å². The summed E-state index contributed by atoms with van der Waals surface area (Å²) in [4.78, 5) is 14.8. The van der Waals surface area contributed by atoms with E-state index in [1.165, 1.54) is 24.8 Å². The SMILES string of the molecule is Cc1ccc([C@@H]2CC(=O)Nc3c2c(C)nn3-c2ccc(N3CCCCC3)nn2)cc1. The topological polar surface area (TPSA) is 75.9 Å². The molecule has 3 aromatic rings. The Morgan fingerprint density at radius 2 is 1.63 bits per heavy atom. The van der Waals surface area contributed by atoms with E-state index in [4.69, 9.17) is 5.10 Å². The van der Waals surface area contributed by atoms with Gasteiger partial charge in [-0.1, -0.05) is 29.8 Å². The first kappa shape index (κ1) is 18.8. The van der Waals surface area contributed by atoms with Gasteiger partial charge in [0.2, 0.25) is 5.91 Å². The van der Waals surface area contributed by atoms with Gasteiger partial charge < -0.3 is 10.2 Å². The van der Waals surface area contributed by atoms with Gasteiger partial charge in [0.05, 0.1) is 5.69 Å². The fraction of sp³-hybridized carbons (Fsp3) is 0.391. The summed E-state index contributed by atoms with van der Waals surface area (Å²) in [7, 11) is 0. The van der Waals surface area contributed by atoms with Crippen molar-refractivity contribution in [1.82, 2.24) is 20.0 Å². The molecule has 2 aliphatic heterocycles. The van der Waals surface area contributed by atoms with Crippen molar-refractivity contribution in [3.63, 3.8) is 0 Å². The molecule has 1 saturated heterocycles. The van der Waals surface area contributed by atoms with E-state index in [9.17, 15) is 4.79 Å². The Balaban J connectivity index is 1.51. The zero-order chi connectivity index (χ0) is 20.7. The lowest BCUT2D eigenvalue weighted by molar-refractivity contribution is -0.116. The number of piperidine rings is 1. The van der Waals surface area contributed by atoms with Crippen LogP contribution in [0.1, 0.15) is 54.0 Å². The van der Waals surface area contributed by atoms with Crippen LogP contribution < -0.4 is 10.2 Å². The van der Waals surface area contributed by atoms with Crippen LogP contribution in [0.3, 0.4) is 0 Å². The third-order valence-electron chi connectivity index (χ3n) is 6.12. The summed E-state index contributed by atoms with van der Waals surface area (Å²) in [5.41, 5.74) is 4.29. The number of amides is 1. The van der Waals surface area contributed by atoms with Crippen LogP contribution >= 0.6 is 0 Å². The van der Waals surface area contributed by atoms with Gasteiger partial charge in [0.15, 0.2) is 11.6 Å². The largest absolute Gasteiger partial charge is 0.355 e. The number of nitrogens with zero attached hydrogens (tertiary/aromatic N) is 5. The van der Waals surface area contributed by atoms with Crippen LogP contribution in [0, 0.1) is 13.8 Å².